The van der Waals surface area contributed by atoms with Crippen molar-refractivity contribution in [3.63, 3.8) is 0 Å². The van der Waals surface area contributed by atoms with E-state index < -0.39 is 16.7 Å². The zero-order valence-corrected chi connectivity index (χ0v) is 12.9. The molecule has 1 aromatic rings. The second-order valence-electron chi connectivity index (χ2n) is 4.93. The number of halogens is 1. The van der Waals surface area contributed by atoms with E-state index in [-0.39, 0.29) is 18.2 Å². The smallest absolute Gasteiger partial charge is 0.214 e. The molecule has 21 heavy (non-hydrogen) atoms. The molecular weight excluding hydrogens is 295 g/mol. The molecule has 0 spiro atoms. The fourth-order valence-electron chi connectivity index (χ4n) is 2.58. The standard InChI is InChI=1S/C14H21FN2O3S/c1-20-14-6-3-2-5-12(14)13-11-16-8-9-17(13)21(18,19)10-4-7-15/h2-3,5-6,13,16H,4,7-11H2,1H3. The summed E-state index contributed by atoms with van der Waals surface area (Å²) in [5.74, 6) is 0.506. The van der Waals surface area contributed by atoms with Crippen molar-refractivity contribution < 1.29 is 17.5 Å². The number of hydrogen-bond donors (Lipinski definition) is 1. The van der Waals surface area contributed by atoms with Gasteiger partial charge in [0.05, 0.1) is 25.6 Å². The minimum absolute atomic E-state index is 0.0326. The van der Waals surface area contributed by atoms with E-state index in [0.717, 1.165) is 5.56 Å². The average Bonchev–Trinajstić information content (AvgIpc) is 2.53. The largest absolute Gasteiger partial charge is 0.496 e. The summed E-state index contributed by atoms with van der Waals surface area (Å²) in [5.41, 5.74) is 0.830. The van der Waals surface area contributed by atoms with Crippen molar-refractivity contribution in [2.75, 3.05) is 39.2 Å². The molecule has 1 N–H and O–H groups in total. The van der Waals surface area contributed by atoms with Crippen LogP contribution in [-0.4, -0.2) is 51.9 Å². The number of para-hydroxylation sites is 1. The molecule has 0 bridgehead atoms. The molecule has 0 aliphatic carbocycles. The van der Waals surface area contributed by atoms with Crippen molar-refractivity contribution in [3.05, 3.63) is 29.8 Å². The van der Waals surface area contributed by atoms with Crippen LogP contribution in [0.5, 0.6) is 5.75 Å². The number of alkyl halides is 1. The molecule has 1 aromatic carbocycles. The molecule has 0 saturated carbocycles. The van der Waals surface area contributed by atoms with Crippen LogP contribution in [-0.2, 0) is 10.0 Å². The third-order valence-corrected chi connectivity index (χ3v) is 5.54. The van der Waals surface area contributed by atoms with Crippen molar-refractivity contribution in [2.24, 2.45) is 0 Å². The van der Waals surface area contributed by atoms with Crippen LogP contribution >= 0.6 is 0 Å². The second kappa shape index (κ2) is 7.20. The van der Waals surface area contributed by atoms with Gasteiger partial charge in [-0.15, -0.1) is 0 Å². The quantitative estimate of drug-likeness (QED) is 0.860. The second-order valence-corrected chi connectivity index (χ2v) is 6.97. The monoisotopic (exact) mass is 316 g/mol. The number of benzene rings is 1. The van der Waals surface area contributed by atoms with Crippen LogP contribution in [0.25, 0.3) is 0 Å². The third kappa shape index (κ3) is 3.72. The van der Waals surface area contributed by atoms with Crippen molar-refractivity contribution >= 4 is 10.0 Å². The first-order valence-corrected chi connectivity index (χ1v) is 8.60. The van der Waals surface area contributed by atoms with Gasteiger partial charge in [-0.3, -0.25) is 4.39 Å². The minimum atomic E-state index is -3.47. The summed E-state index contributed by atoms with van der Waals surface area (Å²) in [4.78, 5) is 0. The van der Waals surface area contributed by atoms with E-state index in [1.165, 1.54) is 4.31 Å². The van der Waals surface area contributed by atoms with Gasteiger partial charge in [0.15, 0.2) is 0 Å². The van der Waals surface area contributed by atoms with Gasteiger partial charge >= 0.3 is 0 Å². The Morgan fingerprint density at radius 2 is 2.19 bits per heavy atom. The number of sulfonamides is 1. The zero-order chi connectivity index (χ0) is 15.3. The van der Waals surface area contributed by atoms with E-state index in [4.69, 9.17) is 4.74 Å². The number of ether oxygens (including phenoxy) is 1. The Balaban J connectivity index is 2.31. The first-order valence-electron chi connectivity index (χ1n) is 6.99. The van der Waals surface area contributed by atoms with Gasteiger partial charge in [-0.2, -0.15) is 4.31 Å². The van der Waals surface area contributed by atoms with Gasteiger partial charge in [0, 0.05) is 25.2 Å². The van der Waals surface area contributed by atoms with E-state index in [2.05, 4.69) is 5.32 Å². The molecule has 0 aromatic heterocycles. The Morgan fingerprint density at radius 3 is 2.90 bits per heavy atom. The molecule has 1 unspecified atom stereocenters. The molecular formula is C14H21FN2O3S. The molecule has 2 rings (SSSR count). The molecule has 0 amide bonds. The summed E-state index contributed by atoms with van der Waals surface area (Å²) < 4.78 is 44.0. The number of methoxy groups -OCH3 is 1. The third-order valence-electron chi connectivity index (χ3n) is 3.59. The Hall–Kier alpha value is -1.18. The number of piperazine rings is 1. The van der Waals surface area contributed by atoms with Gasteiger partial charge in [0.25, 0.3) is 0 Å². The van der Waals surface area contributed by atoms with Crippen LogP contribution in [0.15, 0.2) is 24.3 Å². The van der Waals surface area contributed by atoms with E-state index in [1.807, 2.05) is 24.3 Å². The highest BCUT2D eigenvalue weighted by atomic mass is 32.2. The van der Waals surface area contributed by atoms with Crippen LogP contribution in [0.3, 0.4) is 0 Å². The topological polar surface area (TPSA) is 58.6 Å². The molecule has 1 aliphatic rings. The number of hydrogen-bond acceptors (Lipinski definition) is 4. The Morgan fingerprint density at radius 1 is 1.43 bits per heavy atom. The molecule has 7 heteroatoms. The van der Waals surface area contributed by atoms with Crippen LogP contribution in [0, 0.1) is 0 Å². The zero-order valence-electron chi connectivity index (χ0n) is 12.1. The molecule has 5 nitrogen and oxygen atoms in total. The highest BCUT2D eigenvalue weighted by Gasteiger charge is 2.34. The van der Waals surface area contributed by atoms with Crippen molar-refractivity contribution in [1.29, 1.82) is 0 Å². The minimum Gasteiger partial charge on any atom is -0.496 e. The molecule has 1 atom stereocenters. The highest BCUT2D eigenvalue weighted by Crippen LogP contribution is 2.32. The first-order chi connectivity index (χ1) is 10.1. The van der Waals surface area contributed by atoms with E-state index in [0.29, 0.717) is 25.4 Å². The summed E-state index contributed by atoms with van der Waals surface area (Å²) in [6.07, 6.45) is 0.0326. The van der Waals surface area contributed by atoms with E-state index in [9.17, 15) is 12.8 Å². The average molecular weight is 316 g/mol. The normalized spacial score (nSPS) is 20.4. The van der Waals surface area contributed by atoms with Crippen molar-refractivity contribution in [3.8, 4) is 5.75 Å². The van der Waals surface area contributed by atoms with Gasteiger partial charge in [-0.25, -0.2) is 8.42 Å². The summed E-state index contributed by atoms with van der Waals surface area (Å²) in [7, 11) is -1.90. The Labute approximate surface area is 125 Å². The first kappa shape index (κ1) is 16.2. The van der Waals surface area contributed by atoms with Crippen LogP contribution in [0.4, 0.5) is 4.39 Å². The van der Waals surface area contributed by atoms with Crippen LogP contribution < -0.4 is 10.1 Å². The Kier molecular flexibility index (Phi) is 5.55. The van der Waals surface area contributed by atoms with Crippen molar-refractivity contribution in [2.45, 2.75) is 12.5 Å². The lowest BCUT2D eigenvalue weighted by molar-refractivity contribution is 0.264. The van der Waals surface area contributed by atoms with Gasteiger partial charge in [-0.05, 0) is 12.5 Å². The maximum atomic E-state index is 12.4. The van der Waals surface area contributed by atoms with Gasteiger partial charge < -0.3 is 10.1 Å². The molecule has 1 aliphatic heterocycles. The van der Waals surface area contributed by atoms with Gasteiger partial charge in [0.1, 0.15) is 5.75 Å². The number of rotatable bonds is 6. The summed E-state index contributed by atoms with van der Waals surface area (Å²) >= 11 is 0. The van der Waals surface area contributed by atoms with Gasteiger partial charge in [0.2, 0.25) is 10.0 Å². The fourth-order valence-corrected chi connectivity index (χ4v) is 4.23. The molecule has 1 fully saturated rings. The van der Waals surface area contributed by atoms with Crippen LogP contribution in [0.2, 0.25) is 0 Å². The summed E-state index contributed by atoms with van der Waals surface area (Å²) in [6, 6.07) is 7.07. The van der Waals surface area contributed by atoms with Crippen LogP contribution in [0.1, 0.15) is 18.0 Å². The van der Waals surface area contributed by atoms with E-state index >= 15 is 0 Å². The van der Waals surface area contributed by atoms with E-state index in [1.54, 1.807) is 7.11 Å². The molecule has 1 heterocycles. The molecule has 1 saturated heterocycles. The summed E-state index contributed by atoms with van der Waals surface area (Å²) in [5, 5.41) is 3.21. The van der Waals surface area contributed by atoms with Crippen molar-refractivity contribution in [1.82, 2.24) is 9.62 Å². The predicted molar refractivity (Wildman–Crippen MR) is 79.7 cm³/mol. The maximum absolute atomic E-state index is 12.4. The highest BCUT2D eigenvalue weighted by molar-refractivity contribution is 7.89. The van der Waals surface area contributed by atoms with Gasteiger partial charge in [-0.1, -0.05) is 18.2 Å². The number of nitrogens with one attached hydrogen (secondary N) is 1. The molecule has 0 radical (unpaired) electrons. The lowest BCUT2D eigenvalue weighted by Crippen LogP contribution is -2.49. The summed E-state index contributed by atoms with van der Waals surface area (Å²) in [6.45, 7) is 0.887. The predicted octanol–water partition coefficient (Wildman–Crippen LogP) is 1.33. The SMILES string of the molecule is COc1ccccc1C1CNCCN1S(=O)(=O)CCCF. The number of nitrogens with zero attached hydrogens (tertiary/aromatic N) is 1. The lowest BCUT2D eigenvalue weighted by atomic mass is 10.0. The molecule has 118 valence electrons. The fraction of sp³-hybridized carbons (Fsp3) is 0.571. The maximum Gasteiger partial charge on any atom is 0.214 e. The lowest BCUT2D eigenvalue weighted by Gasteiger charge is -2.36. The Bertz CT molecular complexity index is 565.